The molecular formula is C22H29Cl2IN2O2S. The number of aryl methyl sites for hydroxylation is 1. The van der Waals surface area contributed by atoms with E-state index in [-0.39, 0.29) is 17.7 Å². The van der Waals surface area contributed by atoms with E-state index in [1.165, 1.54) is 11.1 Å². The Morgan fingerprint density at radius 2 is 1.80 bits per heavy atom. The first-order valence-corrected chi connectivity index (χ1v) is 14.5. The predicted octanol–water partition coefficient (Wildman–Crippen LogP) is 5.47. The molecule has 1 aliphatic rings. The highest BCUT2D eigenvalue weighted by molar-refractivity contribution is 14.1. The van der Waals surface area contributed by atoms with Gasteiger partial charge in [-0.1, -0.05) is 77.0 Å². The Morgan fingerprint density at radius 1 is 1.10 bits per heavy atom. The highest BCUT2D eigenvalue weighted by atomic mass is 127. The van der Waals surface area contributed by atoms with E-state index in [1.54, 1.807) is 0 Å². The standard InChI is InChI=1S/C21H26Cl2N2O2S.CH3I/c1-2-9-28(26,27)25-13-15-3-5-16-6-8-21(24)18(17(16)11-15)10-14-4-7-19(22)20(23)12-14;1-2/h3-5,7,11-12,18,21,25H,2,6,8-10,13,24H2,1H3;1H3. The van der Waals surface area contributed by atoms with Gasteiger partial charge in [-0.05, 0) is 65.0 Å². The van der Waals surface area contributed by atoms with Crippen LogP contribution in [0.4, 0.5) is 0 Å². The highest BCUT2D eigenvalue weighted by Crippen LogP contribution is 2.35. The molecule has 3 N–H and O–H groups in total. The van der Waals surface area contributed by atoms with Crippen LogP contribution in [-0.2, 0) is 29.4 Å². The second kappa shape index (κ2) is 12.0. The minimum atomic E-state index is -3.23. The zero-order chi connectivity index (χ0) is 22.3. The van der Waals surface area contributed by atoms with E-state index >= 15 is 0 Å². The van der Waals surface area contributed by atoms with E-state index < -0.39 is 10.0 Å². The average molecular weight is 583 g/mol. The third kappa shape index (κ3) is 7.07. The van der Waals surface area contributed by atoms with Gasteiger partial charge >= 0.3 is 0 Å². The van der Waals surface area contributed by atoms with E-state index in [4.69, 9.17) is 28.9 Å². The lowest BCUT2D eigenvalue weighted by atomic mass is 9.76. The van der Waals surface area contributed by atoms with Crippen molar-refractivity contribution >= 4 is 55.8 Å². The molecule has 0 fully saturated rings. The van der Waals surface area contributed by atoms with Gasteiger partial charge in [0.15, 0.2) is 0 Å². The molecular weight excluding hydrogens is 554 g/mol. The van der Waals surface area contributed by atoms with Crippen molar-refractivity contribution in [3.05, 3.63) is 68.7 Å². The number of benzene rings is 2. The zero-order valence-corrected chi connectivity index (χ0v) is 21.8. The number of hydrogen-bond donors (Lipinski definition) is 2. The molecule has 0 aromatic heterocycles. The molecule has 1 aliphatic carbocycles. The molecule has 2 aromatic carbocycles. The topological polar surface area (TPSA) is 72.2 Å². The smallest absolute Gasteiger partial charge is 0.211 e. The van der Waals surface area contributed by atoms with Gasteiger partial charge < -0.3 is 5.73 Å². The summed E-state index contributed by atoms with van der Waals surface area (Å²) in [6.07, 6.45) is 3.24. The SMILES string of the molecule is CCCS(=O)(=O)NCc1ccc2c(c1)C(Cc1ccc(Cl)c(Cl)c1)C(N)CC2.CI. The van der Waals surface area contributed by atoms with E-state index in [0.29, 0.717) is 23.0 Å². The molecule has 4 nitrogen and oxygen atoms in total. The van der Waals surface area contributed by atoms with Crippen molar-refractivity contribution in [1.29, 1.82) is 0 Å². The Kier molecular flexibility index (Phi) is 10.4. The summed E-state index contributed by atoms with van der Waals surface area (Å²) in [5.41, 5.74) is 11.0. The van der Waals surface area contributed by atoms with Crippen LogP contribution in [0.2, 0.25) is 10.0 Å². The summed E-state index contributed by atoms with van der Waals surface area (Å²) in [5, 5.41) is 1.09. The Hall–Kier alpha value is -0.380. The molecule has 0 saturated heterocycles. The number of fused-ring (bicyclic) bond motifs is 1. The summed E-state index contributed by atoms with van der Waals surface area (Å²) in [4.78, 5) is 1.97. The van der Waals surface area contributed by atoms with Crippen LogP contribution in [0.3, 0.4) is 0 Å². The predicted molar refractivity (Wildman–Crippen MR) is 137 cm³/mol. The fourth-order valence-electron chi connectivity index (χ4n) is 3.80. The number of halogens is 3. The third-order valence-electron chi connectivity index (χ3n) is 5.28. The molecule has 0 radical (unpaired) electrons. The first-order valence-electron chi connectivity index (χ1n) is 9.95. The van der Waals surface area contributed by atoms with E-state index in [9.17, 15) is 8.42 Å². The van der Waals surface area contributed by atoms with Crippen molar-refractivity contribution in [2.24, 2.45) is 5.73 Å². The lowest BCUT2D eigenvalue weighted by molar-refractivity contribution is 0.467. The van der Waals surface area contributed by atoms with Gasteiger partial charge in [0.2, 0.25) is 10.0 Å². The summed E-state index contributed by atoms with van der Waals surface area (Å²) >= 11 is 14.4. The maximum atomic E-state index is 12.0. The molecule has 0 saturated carbocycles. The van der Waals surface area contributed by atoms with Crippen LogP contribution in [0.5, 0.6) is 0 Å². The Balaban J connectivity index is 0.00000155. The lowest BCUT2D eigenvalue weighted by Crippen LogP contribution is -2.34. The van der Waals surface area contributed by atoms with Gasteiger partial charge in [0.05, 0.1) is 15.8 Å². The molecule has 2 aromatic rings. The number of hydrogen-bond acceptors (Lipinski definition) is 3. The number of alkyl halides is 1. The number of sulfonamides is 1. The number of nitrogens with two attached hydrogens (primary N) is 1. The first kappa shape index (κ1) is 25.9. The van der Waals surface area contributed by atoms with Crippen LogP contribution in [0, 0.1) is 0 Å². The maximum Gasteiger partial charge on any atom is 0.211 e. The minimum Gasteiger partial charge on any atom is -0.327 e. The van der Waals surface area contributed by atoms with Gasteiger partial charge in [0, 0.05) is 18.5 Å². The van der Waals surface area contributed by atoms with Crippen LogP contribution in [0.1, 0.15) is 47.9 Å². The Morgan fingerprint density at radius 3 is 2.47 bits per heavy atom. The normalized spacial score (nSPS) is 18.3. The van der Waals surface area contributed by atoms with Gasteiger partial charge in [-0.2, -0.15) is 0 Å². The van der Waals surface area contributed by atoms with Crippen LogP contribution < -0.4 is 10.5 Å². The van der Waals surface area contributed by atoms with Crippen molar-refractivity contribution in [3.63, 3.8) is 0 Å². The lowest BCUT2D eigenvalue weighted by Gasteiger charge is -2.32. The second-order valence-electron chi connectivity index (χ2n) is 7.43. The molecule has 0 spiro atoms. The molecule has 2 unspecified atom stereocenters. The van der Waals surface area contributed by atoms with Gasteiger partial charge in [-0.15, -0.1) is 0 Å². The fraction of sp³-hybridized carbons (Fsp3) is 0.455. The van der Waals surface area contributed by atoms with Crippen molar-refractivity contribution < 1.29 is 8.42 Å². The summed E-state index contributed by atoms with van der Waals surface area (Å²) in [5.74, 6) is 0.302. The van der Waals surface area contributed by atoms with Gasteiger partial charge in [0.1, 0.15) is 0 Å². The average Bonchev–Trinajstić information content (AvgIpc) is 2.73. The van der Waals surface area contributed by atoms with Crippen molar-refractivity contribution in [1.82, 2.24) is 4.72 Å². The molecule has 166 valence electrons. The number of rotatable bonds is 7. The van der Waals surface area contributed by atoms with Crippen LogP contribution in [-0.4, -0.2) is 25.1 Å². The molecule has 0 aliphatic heterocycles. The summed E-state index contributed by atoms with van der Waals surface area (Å²) in [6.45, 7) is 2.15. The molecule has 3 rings (SSSR count). The molecule has 0 bridgehead atoms. The zero-order valence-electron chi connectivity index (χ0n) is 17.3. The van der Waals surface area contributed by atoms with E-state index in [2.05, 4.69) is 39.4 Å². The third-order valence-corrected chi connectivity index (χ3v) is 7.55. The van der Waals surface area contributed by atoms with Crippen molar-refractivity contribution in [2.45, 2.75) is 51.1 Å². The van der Waals surface area contributed by atoms with Gasteiger partial charge in [0.25, 0.3) is 0 Å². The Labute approximate surface area is 204 Å². The molecule has 0 amide bonds. The van der Waals surface area contributed by atoms with Crippen LogP contribution in [0.15, 0.2) is 36.4 Å². The maximum absolute atomic E-state index is 12.0. The largest absolute Gasteiger partial charge is 0.327 e. The highest BCUT2D eigenvalue weighted by Gasteiger charge is 2.27. The minimum absolute atomic E-state index is 0.0500. The summed E-state index contributed by atoms with van der Waals surface area (Å²) in [6, 6.07) is 11.9. The molecule has 30 heavy (non-hydrogen) atoms. The van der Waals surface area contributed by atoms with E-state index in [1.807, 2.05) is 36.1 Å². The molecule has 0 heterocycles. The van der Waals surface area contributed by atoms with Gasteiger partial charge in [-0.3, -0.25) is 0 Å². The van der Waals surface area contributed by atoms with E-state index in [0.717, 1.165) is 30.4 Å². The molecule has 2 atom stereocenters. The van der Waals surface area contributed by atoms with Crippen LogP contribution >= 0.6 is 45.8 Å². The fourth-order valence-corrected chi connectivity index (χ4v) is 5.19. The van der Waals surface area contributed by atoms with Gasteiger partial charge in [-0.25, -0.2) is 13.1 Å². The summed E-state index contributed by atoms with van der Waals surface area (Å²) < 4.78 is 26.6. The molecule has 8 heteroatoms. The first-order chi connectivity index (χ1) is 14.3. The summed E-state index contributed by atoms with van der Waals surface area (Å²) in [7, 11) is -3.23. The van der Waals surface area contributed by atoms with Crippen molar-refractivity contribution in [2.75, 3.05) is 10.7 Å². The Bertz CT molecular complexity index is 954. The second-order valence-corrected chi connectivity index (χ2v) is 10.2. The van der Waals surface area contributed by atoms with Crippen molar-refractivity contribution in [3.8, 4) is 0 Å². The van der Waals surface area contributed by atoms with Crippen LogP contribution in [0.25, 0.3) is 0 Å². The quantitative estimate of drug-likeness (QED) is 0.336. The number of nitrogens with one attached hydrogen (secondary N) is 1. The monoisotopic (exact) mass is 582 g/mol.